The maximum atomic E-state index is 13.5. The zero-order valence-corrected chi connectivity index (χ0v) is 22.6. The van der Waals surface area contributed by atoms with Gasteiger partial charge in [0, 0.05) is 36.9 Å². The fourth-order valence-electron chi connectivity index (χ4n) is 3.86. The molecule has 210 valence electrons. The molecule has 1 fully saturated rings. The molecule has 1 amide bonds. The van der Waals surface area contributed by atoms with E-state index < -0.39 is 30.3 Å². The van der Waals surface area contributed by atoms with Crippen molar-refractivity contribution in [2.45, 2.75) is 90.0 Å². The Morgan fingerprint density at radius 1 is 1.22 bits per heavy atom. The Hall–Kier alpha value is -2.11. The van der Waals surface area contributed by atoms with Crippen LogP contribution in [0.4, 0.5) is 27.1 Å². The number of aromatic nitrogens is 1. The number of carbonyl (C=O) groups is 1. The van der Waals surface area contributed by atoms with Crippen molar-refractivity contribution in [2.75, 3.05) is 11.9 Å². The summed E-state index contributed by atoms with van der Waals surface area (Å²) in [4.78, 5) is 16.9. The van der Waals surface area contributed by atoms with Crippen LogP contribution >= 0.6 is 11.3 Å². The molecular formula is C26H38F5N3O2S. The van der Waals surface area contributed by atoms with Crippen molar-refractivity contribution >= 4 is 27.9 Å². The molecular weight excluding hydrogens is 513 g/mol. The van der Waals surface area contributed by atoms with Gasteiger partial charge in [0.2, 0.25) is 11.5 Å². The van der Waals surface area contributed by atoms with Crippen LogP contribution in [0.2, 0.25) is 0 Å². The molecule has 2 rings (SSSR count). The lowest BCUT2D eigenvalue weighted by atomic mass is 9.83. The van der Waals surface area contributed by atoms with E-state index in [0.717, 1.165) is 17.7 Å². The molecule has 1 aromatic heterocycles. The lowest BCUT2D eigenvalue weighted by molar-refractivity contribution is -0.324. The van der Waals surface area contributed by atoms with Crippen molar-refractivity contribution in [1.29, 1.82) is 0 Å². The van der Waals surface area contributed by atoms with Gasteiger partial charge in [0.1, 0.15) is 0 Å². The van der Waals surface area contributed by atoms with Crippen LogP contribution in [0, 0.1) is 5.92 Å². The van der Waals surface area contributed by atoms with Crippen LogP contribution in [-0.4, -0.2) is 46.3 Å². The first-order valence-electron chi connectivity index (χ1n) is 12.5. The first-order valence-corrected chi connectivity index (χ1v) is 13.3. The maximum Gasteiger partial charge on any atom is 0.424 e. The summed E-state index contributed by atoms with van der Waals surface area (Å²) >= 11 is 1.30. The number of carbonyl (C=O) groups excluding carboxylic acids is 1. The van der Waals surface area contributed by atoms with Crippen molar-refractivity contribution in [3.05, 3.63) is 42.0 Å². The van der Waals surface area contributed by atoms with Gasteiger partial charge >= 0.3 is 6.18 Å². The average Bonchev–Trinajstić information content (AvgIpc) is 3.29. The van der Waals surface area contributed by atoms with Crippen LogP contribution in [-0.2, 0) is 4.79 Å². The van der Waals surface area contributed by atoms with E-state index in [-0.39, 0.29) is 25.2 Å². The van der Waals surface area contributed by atoms with Gasteiger partial charge in [-0.1, -0.05) is 51.7 Å². The fraction of sp³-hybridized carbons (Fsp3) is 0.615. The van der Waals surface area contributed by atoms with Gasteiger partial charge in [0.05, 0.1) is 5.69 Å². The average molecular weight is 552 g/mol. The topological polar surface area (TPSA) is 74.2 Å². The number of hydrogen-bond donors (Lipinski definition) is 3. The second-order valence-corrected chi connectivity index (χ2v) is 9.66. The number of rotatable bonds is 11. The van der Waals surface area contributed by atoms with Crippen LogP contribution in [0.25, 0.3) is 5.57 Å². The molecule has 1 unspecified atom stereocenters. The summed E-state index contributed by atoms with van der Waals surface area (Å²) in [6.07, 6.45) is 4.99. The number of aliphatic hydroxyl groups is 1. The highest BCUT2D eigenvalue weighted by molar-refractivity contribution is 7.14. The Labute approximate surface area is 219 Å². The molecule has 3 N–H and O–H groups in total. The van der Waals surface area contributed by atoms with E-state index >= 15 is 0 Å². The normalized spacial score (nSPS) is 20.6. The number of thiazole rings is 1. The predicted molar refractivity (Wildman–Crippen MR) is 140 cm³/mol. The van der Waals surface area contributed by atoms with Crippen molar-refractivity contribution in [1.82, 2.24) is 10.3 Å². The highest BCUT2D eigenvalue weighted by Crippen LogP contribution is 2.41. The molecule has 11 heteroatoms. The molecule has 1 aromatic rings. The molecule has 0 spiro atoms. The van der Waals surface area contributed by atoms with Crippen LogP contribution < -0.4 is 10.6 Å². The summed E-state index contributed by atoms with van der Waals surface area (Å²) in [6, 6.07) is -0.446. The minimum atomic E-state index is -5.47. The molecule has 1 aliphatic carbocycles. The van der Waals surface area contributed by atoms with E-state index in [1.54, 1.807) is 6.08 Å². The lowest BCUT2D eigenvalue weighted by Gasteiger charge is -2.37. The third-order valence-corrected chi connectivity index (χ3v) is 6.80. The van der Waals surface area contributed by atoms with Gasteiger partial charge in [-0.15, -0.1) is 11.3 Å². The van der Waals surface area contributed by atoms with Gasteiger partial charge in [0.25, 0.3) is 5.92 Å². The lowest BCUT2D eigenvalue weighted by Crippen LogP contribution is -2.63. The molecule has 0 saturated heterocycles. The van der Waals surface area contributed by atoms with E-state index in [1.807, 2.05) is 44.4 Å². The third-order valence-electron chi connectivity index (χ3n) is 6.04. The van der Waals surface area contributed by atoms with Gasteiger partial charge in [-0.3, -0.25) is 4.79 Å². The van der Waals surface area contributed by atoms with Crippen LogP contribution in [0.5, 0.6) is 0 Å². The summed E-state index contributed by atoms with van der Waals surface area (Å²) in [5.74, 6) is -4.54. The van der Waals surface area contributed by atoms with Crippen LogP contribution in [0.1, 0.15) is 71.9 Å². The first-order chi connectivity index (χ1) is 17.3. The quantitative estimate of drug-likeness (QED) is 0.202. The Morgan fingerprint density at radius 3 is 2.35 bits per heavy atom. The second-order valence-electron chi connectivity index (χ2n) is 8.80. The Bertz CT molecular complexity index is 900. The molecule has 1 atom stereocenters. The summed E-state index contributed by atoms with van der Waals surface area (Å²) in [5, 5.41) is 17.2. The molecule has 0 aliphatic heterocycles. The van der Waals surface area contributed by atoms with Gasteiger partial charge < -0.3 is 15.7 Å². The highest BCUT2D eigenvalue weighted by atomic mass is 32.1. The van der Waals surface area contributed by atoms with E-state index in [9.17, 15) is 31.9 Å². The van der Waals surface area contributed by atoms with Crippen molar-refractivity contribution in [2.24, 2.45) is 5.92 Å². The number of halogens is 5. The van der Waals surface area contributed by atoms with Crippen molar-refractivity contribution in [3.8, 4) is 0 Å². The summed E-state index contributed by atoms with van der Waals surface area (Å²) in [5.41, 5.74) is -2.54. The number of nitrogens with zero attached hydrogens (tertiary/aromatic N) is 1. The highest BCUT2D eigenvalue weighted by Gasteiger charge is 2.66. The Balaban J connectivity index is 0.00000334. The molecule has 0 radical (unpaired) electrons. The zero-order valence-electron chi connectivity index (χ0n) is 21.8. The SMILES string of the molecule is C=C/C=C(\C=C/CC)c1csc(NC(=O)CC2CCC(NCC(O)(C(C)(F)F)C(F)(F)F)CC2)n1.CC. The van der Waals surface area contributed by atoms with Gasteiger partial charge in [-0.25, -0.2) is 13.8 Å². The minimum Gasteiger partial charge on any atom is -0.375 e. The number of nitrogens with one attached hydrogen (secondary N) is 2. The standard InChI is InChI=1S/C24H32F5N3O2S.C2H6/c1-4-6-8-17(7-5-2)19-14-35-21(31-19)32-20(33)13-16-9-11-18(12-10-16)30-15-23(34,22(3,25)26)24(27,28)29;1-2/h5-8,14,16,18,30,34H,2,4,9-13,15H2,1,3H3,(H,31,32,33);1-2H3/b8-6-,17-7+;. The second kappa shape index (κ2) is 14.7. The van der Waals surface area contributed by atoms with Crippen molar-refractivity contribution < 1.29 is 31.9 Å². The molecule has 5 nitrogen and oxygen atoms in total. The van der Waals surface area contributed by atoms with Gasteiger partial charge in [-0.05, 0) is 38.0 Å². The minimum absolute atomic E-state index is 0.0188. The van der Waals surface area contributed by atoms with E-state index in [1.165, 1.54) is 11.3 Å². The predicted octanol–water partition coefficient (Wildman–Crippen LogP) is 7.13. The fourth-order valence-corrected chi connectivity index (χ4v) is 4.60. The smallest absolute Gasteiger partial charge is 0.375 e. The Kier molecular flexibility index (Phi) is 13.1. The summed E-state index contributed by atoms with van der Waals surface area (Å²) in [6.45, 7) is 8.48. The number of alkyl halides is 5. The van der Waals surface area contributed by atoms with E-state index in [4.69, 9.17) is 0 Å². The molecule has 1 heterocycles. The number of amides is 1. The summed E-state index contributed by atoms with van der Waals surface area (Å²) in [7, 11) is 0. The third kappa shape index (κ3) is 9.61. The van der Waals surface area contributed by atoms with Gasteiger partial charge in [-0.2, -0.15) is 13.2 Å². The van der Waals surface area contributed by atoms with Crippen LogP contribution in [0.3, 0.4) is 0 Å². The Morgan fingerprint density at radius 2 is 1.84 bits per heavy atom. The monoisotopic (exact) mass is 551 g/mol. The maximum absolute atomic E-state index is 13.5. The zero-order chi connectivity index (χ0) is 28.3. The van der Waals surface area contributed by atoms with Gasteiger partial charge in [0.15, 0.2) is 5.13 Å². The van der Waals surface area contributed by atoms with Crippen LogP contribution in [0.15, 0.2) is 36.3 Å². The van der Waals surface area contributed by atoms with Crippen molar-refractivity contribution in [3.63, 3.8) is 0 Å². The first kappa shape index (κ1) is 32.9. The summed E-state index contributed by atoms with van der Waals surface area (Å²) < 4.78 is 66.1. The molecule has 1 aliphatic rings. The number of hydrogen-bond acceptors (Lipinski definition) is 5. The number of allylic oxidation sites excluding steroid dienone is 5. The van der Waals surface area contributed by atoms with E-state index in [0.29, 0.717) is 30.8 Å². The molecule has 1 saturated carbocycles. The van der Waals surface area contributed by atoms with E-state index in [2.05, 4.69) is 22.2 Å². The molecule has 0 bridgehead atoms. The molecule has 0 aromatic carbocycles. The molecule has 37 heavy (non-hydrogen) atoms. The number of anilines is 1. The largest absolute Gasteiger partial charge is 0.424 e.